The van der Waals surface area contributed by atoms with Crippen LogP contribution in [0.25, 0.3) is 11.1 Å². The van der Waals surface area contributed by atoms with E-state index in [1.54, 1.807) is 0 Å². The molecule has 3 heteroatoms. The van der Waals surface area contributed by atoms with E-state index in [0.29, 0.717) is 17.9 Å². The van der Waals surface area contributed by atoms with Crippen LogP contribution < -0.4 is 5.32 Å². The number of hydrogen-bond acceptors (Lipinski definition) is 2. The Morgan fingerprint density at radius 2 is 1.71 bits per heavy atom. The van der Waals surface area contributed by atoms with E-state index in [4.69, 9.17) is 0 Å². The van der Waals surface area contributed by atoms with E-state index in [9.17, 15) is 0 Å². The average molecular weight is 285 g/mol. The maximum absolute atomic E-state index is 4.59. The SMILES string of the molecule is CC(C)CNCC(C(C)C)n1cc(-c2ccccc2)cn1. The summed E-state index contributed by atoms with van der Waals surface area (Å²) in [6.45, 7) is 11.0. The second-order valence-electron chi connectivity index (χ2n) is 6.44. The highest BCUT2D eigenvalue weighted by molar-refractivity contribution is 5.61. The van der Waals surface area contributed by atoms with E-state index in [1.165, 1.54) is 11.1 Å². The standard InChI is InChI=1S/C18H27N3/c1-14(2)10-19-12-18(15(3)4)21-13-17(11-20-21)16-8-6-5-7-9-16/h5-9,11,13-15,18-19H,10,12H2,1-4H3. The van der Waals surface area contributed by atoms with Gasteiger partial charge in [0.15, 0.2) is 0 Å². The van der Waals surface area contributed by atoms with Gasteiger partial charge in [-0.15, -0.1) is 0 Å². The lowest BCUT2D eigenvalue weighted by Gasteiger charge is -2.22. The van der Waals surface area contributed by atoms with Crippen molar-refractivity contribution in [3.8, 4) is 11.1 Å². The van der Waals surface area contributed by atoms with Crippen LogP contribution in [0.1, 0.15) is 33.7 Å². The number of nitrogens with one attached hydrogen (secondary N) is 1. The third kappa shape index (κ3) is 4.43. The predicted molar refractivity (Wildman–Crippen MR) is 89.2 cm³/mol. The Kier molecular flexibility index (Phi) is 5.57. The van der Waals surface area contributed by atoms with Gasteiger partial charge in [-0.1, -0.05) is 58.0 Å². The second-order valence-corrected chi connectivity index (χ2v) is 6.44. The Labute approximate surface area is 128 Å². The summed E-state index contributed by atoms with van der Waals surface area (Å²) in [5.41, 5.74) is 2.41. The van der Waals surface area contributed by atoms with E-state index >= 15 is 0 Å². The number of rotatable bonds is 7. The maximum Gasteiger partial charge on any atom is 0.0666 e. The van der Waals surface area contributed by atoms with Gasteiger partial charge in [0.25, 0.3) is 0 Å². The lowest BCUT2D eigenvalue weighted by atomic mass is 10.0. The van der Waals surface area contributed by atoms with Crippen molar-refractivity contribution >= 4 is 0 Å². The molecule has 1 heterocycles. The van der Waals surface area contributed by atoms with Crippen LogP contribution in [0.4, 0.5) is 0 Å². The molecular weight excluding hydrogens is 258 g/mol. The molecule has 0 spiro atoms. The molecule has 1 aromatic heterocycles. The van der Waals surface area contributed by atoms with Crippen LogP contribution in [-0.4, -0.2) is 22.9 Å². The lowest BCUT2D eigenvalue weighted by Crippen LogP contribution is -2.31. The molecule has 0 aliphatic rings. The summed E-state index contributed by atoms with van der Waals surface area (Å²) in [6, 6.07) is 10.8. The van der Waals surface area contributed by atoms with Gasteiger partial charge in [0.05, 0.1) is 12.2 Å². The normalized spacial score (nSPS) is 13.0. The van der Waals surface area contributed by atoms with Gasteiger partial charge in [0, 0.05) is 18.3 Å². The van der Waals surface area contributed by atoms with E-state index in [2.05, 4.69) is 73.3 Å². The van der Waals surface area contributed by atoms with Gasteiger partial charge in [-0.3, -0.25) is 4.68 Å². The summed E-state index contributed by atoms with van der Waals surface area (Å²) in [7, 11) is 0. The highest BCUT2D eigenvalue weighted by Gasteiger charge is 2.16. The van der Waals surface area contributed by atoms with Crippen LogP contribution >= 0.6 is 0 Å². The summed E-state index contributed by atoms with van der Waals surface area (Å²) < 4.78 is 2.11. The Morgan fingerprint density at radius 3 is 2.33 bits per heavy atom. The average Bonchev–Trinajstić information content (AvgIpc) is 2.93. The van der Waals surface area contributed by atoms with Gasteiger partial charge < -0.3 is 5.32 Å². The number of aromatic nitrogens is 2. The first-order chi connectivity index (χ1) is 10.1. The first-order valence-electron chi connectivity index (χ1n) is 7.88. The second kappa shape index (κ2) is 7.41. The molecule has 1 N–H and O–H groups in total. The van der Waals surface area contributed by atoms with E-state index in [-0.39, 0.29) is 0 Å². The minimum Gasteiger partial charge on any atom is -0.314 e. The van der Waals surface area contributed by atoms with Gasteiger partial charge >= 0.3 is 0 Å². The Balaban J connectivity index is 2.09. The van der Waals surface area contributed by atoms with Crippen LogP contribution in [0, 0.1) is 11.8 Å². The Morgan fingerprint density at radius 1 is 1.00 bits per heavy atom. The van der Waals surface area contributed by atoms with Crippen LogP contribution in [0.5, 0.6) is 0 Å². The summed E-state index contributed by atoms with van der Waals surface area (Å²) >= 11 is 0. The molecule has 1 atom stereocenters. The zero-order chi connectivity index (χ0) is 15.2. The molecule has 1 aromatic carbocycles. The van der Waals surface area contributed by atoms with Crippen LogP contribution in [-0.2, 0) is 0 Å². The van der Waals surface area contributed by atoms with Gasteiger partial charge in [-0.25, -0.2) is 0 Å². The molecule has 0 fully saturated rings. The lowest BCUT2D eigenvalue weighted by molar-refractivity contribution is 0.325. The topological polar surface area (TPSA) is 29.9 Å². The fourth-order valence-electron chi connectivity index (χ4n) is 2.45. The van der Waals surface area contributed by atoms with Gasteiger partial charge in [0.2, 0.25) is 0 Å². The smallest absolute Gasteiger partial charge is 0.0666 e. The first-order valence-corrected chi connectivity index (χ1v) is 7.88. The molecule has 2 rings (SSSR count). The molecule has 1 unspecified atom stereocenters. The van der Waals surface area contributed by atoms with Crippen molar-refractivity contribution in [1.82, 2.24) is 15.1 Å². The molecule has 114 valence electrons. The molecule has 0 aliphatic heterocycles. The third-order valence-corrected chi connectivity index (χ3v) is 3.72. The van der Waals surface area contributed by atoms with Crippen molar-refractivity contribution in [2.24, 2.45) is 11.8 Å². The van der Waals surface area contributed by atoms with Crippen molar-refractivity contribution < 1.29 is 0 Å². The third-order valence-electron chi connectivity index (χ3n) is 3.72. The monoisotopic (exact) mass is 285 g/mol. The van der Waals surface area contributed by atoms with Crippen molar-refractivity contribution in [3.05, 3.63) is 42.7 Å². The highest BCUT2D eigenvalue weighted by Crippen LogP contribution is 2.22. The fourth-order valence-corrected chi connectivity index (χ4v) is 2.45. The molecule has 0 aliphatic carbocycles. The molecule has 0 bridgehead atoms. The van der Waals surface area contributed by atoms with E-state index in [0.717, 1.165) is 13.1 Å². The largest absolute Gasteiger partial charge is 0.314 e. The summed E-state index contributed by atoms with van der Waals surface area (Å²) in [5.74, 6) is 1.23. The quantitative estimate of drug-likeness (QED) is 0.833. The van der Waals surface area contributed by atoms with Gasteiger partial charge in [-0.05, 0) is 23.9 Å². The molecular formula is C18H27N3. The molecule has 21 heavy (non-hydrogen) atoms. The van der Waals surface area contributed by atoms with Crippen LogP contribution in [0.2, 0.25) is 0 Å². The van der Waals surface area contributed by atoms with Crippen molar-refractivity contribution in [2.45, 2.75) is 33.7 Å². The van der Waals surface area contributed by atoms with E-state index in [1.807, 2.05) is 12.3 Å². The summed E-state index contributed by atoms with van der Waals surface area (Å²) in [4.78, 5) is 0. The number of hydrogen-bond donors (Lipinski definition) is 1. The maximum atomic E-state index is 4.59. The molecule has 3 nitrogen and oxygen atoms in total. The molecule has 2 aromatic rings. The van der Waals surface area contributed by atoms with Crippen LogP contribution in [0.3, 0.4) is 0 Å². The Hall–Kier alpha value is -1.61. The fraction of sp³-hybridized carbons (Fsp3) is 0.500. The molecule has 0 radical (unpaired) electrons. The number of nitrogens with zero attached hydrogens (tertiary/aromatic N) is 2. The predicted octanol–water partition coefficient (Wildman–Crippen LogP) is 3.99. The summed E-state index contributed by atoms with van der Waals surface area (Å²) in [5, 5.41) is 8.14. The number of benzene rings is 1. The first kappa shape index (κ1) is 15.8. The molecule has 0 amide bonds. The minimum absolute atomic E-state index is 0.390. The highest BCUT2D eigenvalue weighted by atomic mass is 15.3. The summed E-state index contributed by atoms with van der Waals surface area (Å²) in [6.07, 6.45) is 4.13. The minimum atomic E-state index is 0.390. The van der Waals surface area contributed by atoms with Gasteiger partial charge in [-0.2, -0.15) is 5.10 Å². The zero-order valence-electron chi connectivity index (χ0n) is 13.6. The molecule has 0 saturated heterocycles. The van der Waals surface area contributed by atoms with Crippen molar-refractivity contribution in [2.75, 3.05) is 13.1 Å². The van der Waals surface area contributed by atoms with Crippen LogP contribution in [0.15, 0.2) is 42.7 Å². The van der Waals surface area contributed by atoms with Crippen molar-refractivity contribution in [3.63, 3.8) is 0 Å². The zero-order valence-corrected chi connectivity index (χ0v) is 13.6. The Bertz CT molecular complexity index is 528. The van der Waals surface area contributed by atoms with Crippen molar-refractivity contribution in [1.29, 1.82) is 0 Å². The van der Waals surface area contributed by atoms with E-state index < -0.39 is 0 Å². The molecule has 0 saturated carbocycles. The van der Waals surface area contributed by atoms with Gasteiger partial charge in [0.1, 0.15) is 0 Å².